The van der Waals surface area contributed by atoms with Crippen molar-refractivity contribution in [2.75, 3.05) is 13.1 Å². The first-order chi connectivity index (χ1) is 10.1. The van der Waals surface area contributed by atoms with Crippen molar-refractivity contribution in [2.24, 2.45) is 5.92 Å². The number of fused-ring (bicyclic) bond motifs is 1. The maximum Gasteiger partial charge on any atom is 0.254 e. The van der Waals surface area contributed by atoms with Gasteiger partial charge in [-0.25, -0.2) is 4.39 Å². The van der Waals surface area contributed by atoms with Crippen molar-refractivity contribution in [2.45, 2.75) is 19.4 Å². The smallest absolute Gasteiger partial charge is 0.254 e. The summed E-state index contributed by atoms with van der Waals surface area (Å²) in [7, 11) is 0. The first-order valence-electron chi connectivity index (χ1n) is 7.22. The van der Waals surface area contributed by atoms with Crippen LogP contribution in [-0.2, 0) is 0 Å². The number of piperidine rings is 1. The van der Waals surface area contributed by atoms with Crippen LogP contribution in [0.25, 0.3) is 10.8 Å². The molecule has 0 aliphatic carbocycles. The van der Waals surface area contributed by atoms with Gasteiger partial charge in [0.15, 0.2) is 0 Å². The van der Waals surface area contributed by atoms with Gasteiger partial charge in [-0.15, -0.1) is 0 Å². The minimum atomic E-state index is -0.348. The van der Waals surface area contributed by atoms with Gasteiger partial charge in [-0.3, -0.25) is 4.79 Å². The van der Waals surface area contributed by atoms with Crippen LogP contribution in [0.15, 0.2) is 36.4 Å². The van der Waals surface area contributed by atoms with E-state index >= 15 is 0 Å². The Morgan fingerprint density at radius 2 is 1.95 bits per heavy atom. The quantitative estimate of drug-likeness (QED) is 0.876. The molecule has 0 spiro atoms. The zero-order valence-electron chi connectivity index (χ0n) is 11.9. The number of likely N-dealkylation sites (tertiary alicyclic amines) is 1. The van der Waals surface area contributed by atoms with Crippen LogP contribution in [0, 0.1) is 11.7 Å². The third kappa shape index (κ3) is 2.51. The second-order valence-corrected chi connectivity index (χ2v) is 5.73. The highest BCUT2D eigenvalue weighted by molar-refractivity contribution is 6.07. The van der Waals surface area contributed by atoms with Crippen LogP contribution in [-0.4, -0.2) is 35.1 Å². The van der Waals surface area contributed by atoms with Gasteiger partial charge in [-0.1, -0.05) is 31.2 Å². The maximum atomic E-state index is 13.8. The van der Waals surface area contributed by atoms with E-state index in [1.165, 1.54) is 6.07 Å². The molecule has 110 valence electrons. The largest absolute Gasteiger partial charge is 0.393 e. The molecular weight excluding hydrogens is 269 g/mol. The molecule has 0 bridgehead atoms. The van der Waals surface area contributed by atoms with Crippen molar-refractivity contribution < 1.29 is 14.3 Å². The summed E-state index contributed by atoms with van der Waals surface area (Å²) in [6.45, 7) is 3.01. The van der Waals surface area contributed by atoms with Gasteiger partial charge in [0.2, 0.25) is 0 Å². The van der Waals surface area contributed by atoms with Gasteiger partial charge in [0.1, 0.15) is 5.82 Å². The van der Waals surface area contributed by atoms with E-state index in [0.717, 1.165) is 0 Å². The first kappa shape index (κ1) is 14.0. The number of aliphatic hydroxyl groups is 1. The molecule has 1 N–H and O–H groups in total. The van der Waals surface area contributed by atoms with Gasteiger partial charge in [0.25, 0.3) is 5.91 Å². The van der Waals surface area contributed by atoms with Crippen LogP contribution in [0.1, 0.15) is 23.7 Å². The minimum Gasteiger partial charge on any atom is -0.393 e. The molecule has 3 rings (SSSR count). The lowest BCUT2D eigenvalue weighted by Crippen LogP contribution is -2.45. The second kappa shape index (κ2) is 5.45. The zero-order chi connectivity index (χ0) is 15.0. The molecule has 4 heteroatoms. The molecule has 1 aliphatic heterocycles. The number of rotatable bonds is 1. The van der Waals surface area contributed by atoms with Crippen LogP contribution in [0.3, 0.4) is 0 Å². The molecule has 0 aromatic heterocycles. The normalized spacial score (nSPS) is 22.5. The van der Waals surface area contributed by atoms with E-state index in [-0.39, 0.29) is 23.7 Å². The Labute approximate surface area is 123 Å². The van der Waals surface area contributed by atoms with Crippen molar-refractivity contribution in [3.63, 3.8) is 0 Å². The fraction of sp³-hybridized carbons (Fsp3) is 0.353. The Bertz CT molecular complexity index is 686. The lowest BCUT2D eigenvalue weighted by atomic mass is 9.95. The molecule has 0 radical (unpaired) electrons. The first-order valence-corrected chi connectivity index (χ1v) is 7.22. The fourth-order valence-corrected chi connectivity index (χ4v) is 2.94. The highest BCUT2D eigenvalue weighted by atomic mass is 19.1. The summed E-state index contributed by atoms with van der Waals surface area (Å²) in [5.41, 5.74) is 0.524. The predicted octanol–water partition coefficient (Wildman–Crippen LogP) is 2.82. The van der Waals surface area contributed by atoms with Gasteiger partial charge in [0.05, 0.1) is 6.10 Å². The molecule has 1 heterocycles. The average Bonchev–Trinajstić information content (AvgIpc) is 2.50. The van der Waals surface area contributed by atoms with E-state index in [4.69, 9.17) is 0 Å². The standard InChI is InChI=1S/C17H18FNO2/c1-11-10-19(9-8-16(11)20)17(21)14-6-7-15(18)13-5-3-2-4-12(13)14/h2-7,11,16,20H,8-10H2,1H3. The summed E-state index contributed by atoms with van der Waals surface area (Å²) in [4.78, 5) is 14.4. The van der Waals surface area contributed by atoms with E-state index in [1.807, 2.05) is 6.92 Å². The number of carbonyl (C=O) groups is 1. The van der Waals surface area contributed by atoms with Crippen LogP contribution >= 0.6 is 0 Å². The summed E-state index contributed by atoms with van der Waals surface area (Å²) >= 11 is 0. The van der Waals surface area contributed by atoms with Crippen molar-refractivity contribution in [1.29, 1.82) is 0 Å². The number of nitrogens with zero attached hydrogens (tertiary/aromatic N) is 1. The topological polar surface area (TPSA) is 40.5 Å². The highest BCUT2D eigenvalue weighted by Gasteiger charge is 2.28. The van der Waals surface area contributed by atoms with E-state index in [2.05, 4.69) is 0 Å². The Morgan fingerprint density at radius 1 is 1.24 bits per heavy atom. The van der Waals surface area contributed by atoms with Crippen LogP contribution in [0.5, 0.6) is 0 Å². The summed E-state index contributed by atoms with van der Waals surface area (Å²) in [5, 5.41) is 10.9. The molecule has 2 atom stereocenters. The Balaban J connectivity index is 1.97. The molecule has 2 aromatic rings. The van der Waals surface area contributed by atoms with Crippen molar-refractivity contribution in [3.8, 4) is 0 Å². The number of hydrogen-bond acceptors (Lipinski definition) is 2. The molecule has 2 unspecified atom stereocenters. The van der Waals surface area contributed by atoms with E-state index in [1.54, 1.807) is 35.2 Å². The number of aliphatic hydroxyl groups excluding tert-OH is 1. The molecule has 1 aliphatic rings. The summed E-state index contributed by atoms with van der Waals surface area (Å²) in [6.07, 6.45) is 0.241. The van der Waals surface area contributed by atoms with E-state index < -0.39 is 0 Å². The average molecular weight is 287 g/mol. The number of hydrogen-bond donors (Lipinski definition) is 1. The Hall–Kier alpha value is -1.94. The molecule has 21 heavy (non-hydrogen) atoms. The second-order valence-electron chi connectivity index (χ2n) is 5.73. The Kier molecular flexibility index (Phi) is 3.64. The van der Waals surface area contributed by atoms with Gasteiger partial charge in [-0.2, -0.15) is 0 Å². The number of carbonyl (C=O) groups excluding carboxylic acids is 1. The van der Waals surface area contributed by atoms with Crippen molar-refractivity contribution in [1.82, 2.24) is 4.90 Å². The minimum absolute atomic E-state index is 0.0643. The maximum absolute atomic E-state index is 13.8. The number of amides is 1. The lowest BCUT2D eigenvalue weighted by molar-refractivity contribution is 0.0299. The molecule has 0 saturated carbocycles. The van der Waals surface area contributed by atoms with Gasteiger partial charge >= 0.3 is 0 Å². The lowest BCUT2D eigenvalue weighted by Gasteiger charge is -2.34. The van der Waals surface area contributed by atoms with E-state index in [0.29, 0.717) is 35.8 Å². The van der Waals surface area contributed by atoms with Crippen LogP contribution < -0.4 is 0 Å². The molecule has 1 amide bonds. The monoisotopic (exact) mass is 287 g/mol. The summed E-state index contributed by atoms with van der Waals surface area (Å²) in [5.74, 6) is -0.344. The molecule has 2 aromatic carbocycles. The third-order valence-corrected chi connectivity index (χ3v) is 4.25. The van der Waals surface area contributed by atoms with E-state index in [9.17, 15) is 14.3 Å². The van der Waals surface area contributed by atoms with Gasteiger partial charge < -0.3 is 10.0 Å². The summed E-state index contributed by atoms with van der Waals surface area (Å²) in [6, 6.07) is 9.92. The number of benzene rings is 2. The van der Waals surface area contributed by atoms with Crippen molar-refractivity contribution in [3.05, 3.63) is 47.8 Å². The molecule has 3 nitrogen and oxygen atoms in total. The Morgan fingerprint density at radius 3 is 2.67 bits per heavy atom. The zero-order valence-corrected chi connectivity index (χ0v) is 11.9. The molecular formula is C17H18FNO2. The highest BCUT2D eigenvalue weighted by Crippen LogP contribution is 2.25. The predicted molar refractivity (Wildman–Crippen MR) is 79.6 cm³/mol. The summed E-state index contributed by atoms with van der Waals surface area (Å²) < 4.78 is 13.8. The molecule has 1 fully saturated rings. The number of halogens is 1. The van der Waals surface area contributed by atoms with Crippen LogP contribution in [0.2, 0.25) is 0 Å². The van der Waals surface area contributed by atoms with Gasteiger partial charge in [0, 0.05) is 24.0 Å². The van der Waals surface area contributed by atoms with Crippen LogP contribution in [0.4, 0.5) is 4.39 Å². The van der Waals surface area contributed by atoms with Crippen molar-refractivity contribution >= 4 is 16.7 Å². The fourth-order valence-electron chi connectivity index (χ4n) is 2.94. The SMILES string of the molecule is CC1CN(C(=O)c2ccc(F)c3ccccc23)CCC1O. The molecule has 1 saturated heterocycles. The van der Waals surface area contributed by atoms with Gasteiger partial charge in [-0.05, 0) is 29.9 Å². The third-order valence-electron chi connectivity index (χ3n) is 4.25.